The van der Waals surface area contributed by atoms with Crippen molar-refractivity contribution in [1.29, 1.82) is 0 Å². The Morgan fingerprint density at radius 1 is 1.43 bits per heavy atom. The monoisotopic (exact) mass is 337 g/mol. The van der Waals surface area contributed by atoms with Crippen molar-refractivity contribution < 1.29 is 10.0 Å². The molecular formula is C18H29N2O2S+. The standard InChI is InChI=1S/C18H28N2O2S/c1-2-3-7-23-13-16(21)12-19-9-14-8-15(11-19)17-5-4-6-18(22)20(17)10-14/h4-6,14-16,21H,2-3,7-13H2,1H3/p+1/t14-,15+,16-/m1/s1. The van der Waals surface area contributed by atoms with Crippen LogP contribution in [0.3, 0.4) is 0 Å². The van der Waals surface area contributed by atoms with Gasteiger partial charge in [0, 0.05) is 35.9 Å². The van der Waals surface area contributed by atoms with E-state index < -0.39 is 0 Å². The molecule has 1 aromatic rings. The van der Waals surface area contributed by atoms with Gasteiger partial charge in [-0.15, -0.1) is 0 Å². The molecule has 3 heterocycles. The smallest absolute Gasteiger partial charge is 0.250 e. The van der Waals surface area contributed by atoms with Crippen LogP contribution in [0.25, 0.3) is 0 Å². The second kappa shape index (κ2) is 7.86. The second-order valence-corrected chi connectivity index (χ2v) is 8.29. The van der Waals surface area contributed by atoms with E-state index in [1.807, 2.05) is 22.4 Å². The molecule has 0 amide bonds. The van der Waals surface area contributed by atoms with Crippen LogP contribution < -0.4 is 10.5 Å². The van der Waals surface area contributed by atoms with Crippen molar-refractivity contribution in [1.82, 2.24) is 4.57 Å². The minimum absolute atomic E-state index is 0.146. The number of thioether (sulfide) groups is 1. The van der Waals surface area contributed by atoms with Crippen molar-refractivity contribution in [2.24, 2.45) is 5.92 Å². The lowest BCUT2D eigenvalue weighted by atomic mass is 9.83. The van der Waals surface area contributed by atoms with Crippen LogP contribution in [0.4, 0.5) is 0 Å². The summed E-state index contributed by atoms with van der Waals surface area (Å²) in [4.78, 5) is 13.6. The van der Waals surface area contributed by atoms with Gasteiger partial charge in [0.15, 0.2) is 0 Å². The van der Waals surface area contributed by atoms with Gasteiger partial charge in [0.2, 0.25) is 0 Å². The third-order valence-corrected chi connectivity index (χ3v) is 6.35. The van der Waals surface area contributed by atoms with Crippen LogP contribution in [-0.4, -0.2) is 46.9 Å². The van der Waals surface area contributed by atoms with Crippen LogP contribution in [0.15, 0.2) is 23.0 Å². The van der Waals surface area contributed by atoms with E-state index in [2.05, 4.69) is 13.0 Å². The molecular weight excluding hydrogens is 308 g/mol. The molecule has 128 valence electrons. The maximum atomic E-state index is 12.0. The largest absolute Gasteiger partial charge is 0.386 e. The van der Waals surface area contributed by atoms with Gasteiger partial charge in [-0.25, -0.2) is 0 Å². The van der Waals surface area contributed by atoms with Crippen molar-refractivity contribution in [2.75, 3.05) is 31.1 Å². The highest BCUT2D eigenvalue weighted by molar-refractivity contribution is 7.99. The van der Waals surface area contributed by atoms with Crippen molar-refractivity contribution in [3.63, 3.8) is 0 Å². The number of hydrogen-bond donors (Lipinski definition) is 2. The average molecular weight is 338 g/mol. The molecule has 4 nitrogen and oxygen atoms in total. The number of hydrogen-bond acceptors (Lipinski definition) is 3. The zero-order valence-electron chi connectivity index (χ0n) is 14.0. The van der Waals surface area contributed by atoms with Gasteiger partial charge in [0.05, 0.1) is 13.1 Å². The van der Waals surface area contributed by atoms with E-state index in [1.165, 1.54) is 29.9 Å². The molecule has 23 heavy (non-hydrogen) atoms. The molecule has 0 spiro atoms. The highest BCUT2D eigenvalue weighted by Crippen LogP contribution is 2.29. The predicted molar refractivity (Wildman–Crippen MR) is 95.4 cm³/mol. The van der Waals surface area contributed by atoms with Gasteiger partial charge >= 0.3 is 0 Å². The quantitative estimate of drug-likeness (QED) is 0.722. The predicted octanol–water partition coefficient (Wildman–Crippen LogP) is 0.745. The Morgan fingerprint density at radius 2 is 2.30 bits per heavy atom. The SMILES string of the molecule is CCCCSC[C@H](O)C[NH+]1C[C@H]2C[C@@H](C1)c1cccc(=O)n1C2. The molecule has 1 fully saturated rings. The molecule has 4 atom stereocenters. The maximum Gasteiger partial charge on any atom is 0.250 e. The van der Waals surface area contributed by atoms with Crippen LogP contribution in [0, 0.1) is 5.92 Å². The third-order valence-electron chi connectivity index (χ3n) is 5.15. The minimum atomic E-state index is -0.205. The van der Waals surface area contributed by atoms with Crippen LogP contribution >= 0.6 is 11.8 Å². The lowest BCUT2D eigenvalue weighted by Gasteiger charge is -2.40. The number of nitrogens with one attached hydrogen (secondary N) is 1. The molecule has 2 N–H and O–H groups in total. The molecule has 0 aliphatic carbocycles. The molecule has 0 saturated carbocycles. The highest BCUT2D eigenvalue weighted by Gasteiger charge is 2.37. The summed E-state index contributed by atoms with van der Waals surface area (Å²) < 4.78 is 1.98. The van der Waals surface area contributed by atoms with Crippen LogP contribution in [0.5, 0.6) is 0 Å². The Kier molecular flexibility index (Phi) is 5.83. The number of likely N-dealkylation sites (tertiary alicyclic amines) is 1. The molecule has 3 rings (SSSR count). The number of aliphatic hydroxyl groups is 1. The third kappa shape index (κ3) is 4.20. The Labute approximate surface area is 142 Å². The molecule has 5 heteroatoms. The number of aliphatic hydroxyl groups excluding tert-OH is 1. The van der Waals surface area contributed by atoms with Gasteiger partial charge in [0.25, 0.3) is 5.56 Å². The van der Waals surface area contributed by atoms with Crippen molar-refractivity contribution in [2.45, 2.75) is 44.8 Å². The van der Waals surface area contributed by atoms with Crippen molar-refractivity contribution in [3.05, 3.63) is 34.2 Å². The van der Waals surface area contributed by atoms with E-state index >= 15 is 0 Å². The van der Waals surface area contributed by atoms with Crippen molar-refractivity contribution >= 4 is 11.8 Å². The zero-order valence-corrected chi connectivity index (χ0v) is 14.9. The van der Waals surface area contributed by atoms with Gasteiger partial charge in [-0.2, -0.15) is 11.8 Å². The lowest BCUT2D eigenvalue weighted by Crippen LogP contribution is -3.15. The molecule has 1 aromatic heterocycles. The van der Waals surface area contributed by atoms with Crippen LogP contribution in [-0.2, 0) is 6.54 Å². The molecule has 0 radical (unpaired) electrons. The van der Waals surface area contributed by atoms with E-state index in [4.69, 9.17) is 0 Å². The number of rotatable bonds is 7. The first-order chi connectivity index (χ1) is 11.2. The average Bonchev–Trinajstić information content (AvgIpc) is 2.53. The fourth-order valence-electron chi connectivity index (χ4n) is 4.14. The number of pyridine rings is 1. The summed E-state index contributed by atoms with van der Waals surface area (Å²) in [6, 6.07) is 5.68. The second-order valence-electron chi connectivity index (χ2n) is 7.14. The number of aromatic nitrogens is 1. The van der Waals surface area contributed by atoms with Gasteiger partial charge in [0.1, 0.15) is 12.6 Å². The van der Waals surface area contributed by atoms with E-state index in [9.17, 15) is 9.90 Å². The summed E-state index contributed by atoms with van der Waals surface area (Å²) in [5.74, 6) is 3.07. The van der Waals surface area contributed by atoms with Crippen molar-refractivity contribution in [3.8, 4) is 0 Å². The Morgan fingerprint density at radius 3 is 3.13 bits per heavy atom. The Bertz CT molecular complexity index is 574. The normalized spacial score (nSPS) is 27.5. The summed E-state index contributed by atoms with van der Waals surface area (Å²) in [6.07, 6.45) is 3.46. The number of piperidine rings is 1. The highest BCUT2D eigenvalue weighted by atomic mass is 32.2. The summed E-state index contributed by atoms with van der Waals surface area (Å²) in [6.45, 7) is 6.06. The summed E-state index contributed by atoms with van der Waals surface area (Å²) in [7, 11) is 0. The first-order valence-corrected chi connectivity index (χ1v) is 10.1. The zero-order chi connectivity index (χ0) is 16.2. The summed E-state index contributed by atoms with van der Waals surface area (Å²) >= 11 is 1.88. The maximum absolute atomic E-state index is 12.0. The van der Waals surface area contributed by atoms with E-state index in [0.717, 1.165) is 37.7 Å². The number of unbranched alkanes of at least 4 members (excludes halogenated alkanes) is 1. The van der Waals surface area contributed by atoms with Gasteiger partial charge in [-0.05, 0) is 24.7 Å². The summed E-state index contributed by atoms with van der Waals surface area (Å²) in [5.41, 5.74) is 1.35. The lowest BCUT2D eigenvalue weighted by molar-refractivity contribution is -0.913. The molecule has 1 saturated heterocycles. The first kappa shape index (κ1) is 17.1. The number of nitrogens with zero attached hydrogens (tertiary/aromatic N) is 1. The number of fused-ring (bicyclic) bond motifs is 4. The molecule has 0 aromatic carbocycles. The molecule has 2 aliphatic heterocycles. The van der Waals surface area contributed by atoms with E-state index in [0.29, 0.717) is 11.8 Å². The Balaban J connectivity index is 1.56. The number of quaternary nitrogens is 1. The van der Waals surface area contributed by atoms with Crippen LogP contribution in [0.2, 0.25) is 0 Å². The topological polar surface area (TPSA) is 46.7 Å². The van der Waals surface area contributed by atoms with E-state index in [1.54, 1.807) is 6.07 Å². The summed E-state index contributed by atoms with van der Waals surface area (Å²) in [5, 5.41) is 10.3. The molecule has 2 bridgehead atoms. The fraction of sp³-hybridized carbons (Fsp3) is 0.722. The van der Waals surface area contributed by atoms with Crippen LogP contribution in [0.1, 0.15) is 37.8 Å². The van der Waals surface area contributed by atoms with E-state index in [-0.39, 0.29) is 11.7 Å². The van der Waals surface area contributed by atoms with Gasteiger partial charge in [-0.3, -0.25) is 4.79 Å². The van der Waals surface area contributed by atoms with Gasteiger partial charge in [-0.1, -0.05) is 19.4 Å². The first-order valence-electron chi connectivity index (χ1n) is 8.96. The Hall–Kier alpha value is -0.780. The molecule has 2 aliphatic rings. The molecule has 1 unspecified atom stereocenters. The van der Waals surface area contributed by atoms with Gasteiger partial charge < -0.3 is 14.6 Å². The minimum Gasteiger partial charge on any atom is -0.386 e. The fourth-order valence-corrected chi connectivity index (χ4v) is 5.19.